The lowest BCUT2D eigenvalue weighted by atomic mass is 9.71. The quantitative estimate of drug-likeness (QED) is 0.740. The maximum absolute atomic E-state index is 12.9. The topological polar surface area (TPSA) is 87.7 Å². The fourth-order valence-electron chi connectivity index (χ4n) is 3.08. The maximum Gasteiger partial charge on any atom is 0.407 e. The van der Waals surface area contributed by atoms with Crippen molar-refractivity contribution in [3.63, 3.8) is 0 Å². The van der Waals surface area contributed by atoms with Crippen LogP contribution in [0.15, 0.2) is 23.9 Å². The summed E-state index contributed by atoms with van der Waals surface area (Å²) in [6.07, 6.45) is 8.18. The van der Waals surface area contributed by atoms with Gasteiger partial charge >= 0.3 is 6.09 Å². The SMILES string of the molecule is CNC1(C(=O)N(C=O)C2=CCCC=C2)CC(NC(=O)OC(C)(C)C)C1. The van der Waals surface area contributed by atoms with Gasteiger partial charge in [0.15, 0.2) is 0 Å². The van der Waals surface area contributed by atoms with Crippen molar-refractivity contribution in [2.24, 2.45) is 0 Å². The highest BCUT2D eigenvalue weighted by molar-refractivity contribution is 5.97. The van der Waals surface area contributed by atoms with Crippen LogP contribution in [0.25, 0.3) is 0 Å². The van der Waals surface area contributed by atoms with Gasteiger partial charge in [0.25, 0.3) is 5.91 Å². The minimum atomic E-state index is -0.854. The number of nitrogens with one attached hydrogen (secondary N) is 2. The molecule has 0 spiro atoms. The van der Waals surface area contributed by atoms with E-state index in [1.807, 2.05) is 12.2 Å². The van der Waals surface area contributed by atoms with Crippen LogP contribution < -0.4 is 10.6 Å². The normalized spacial score (nSPS) is 25.4. The molecule has 0 bridgehead atoms. The summed E-state index contributed by atoms with van der Waals surface area (Å²) in [5.74, 6) is -0.301. The predicted octanol–water partition coefficient (Wildman–Crippen LogP) is 1.85. The van der Waals surface area contributed by atoms with E-state index in [0.717, 1.165) is 17.7 Å². The van der Waals surface area contributed by atoms with E-state index in [0.29, 0.717) is 24.9 Å². The fraction of sp³-hybridized carbons (Fsp3) is 0.611. The third kappa shape index (κ3) is 4.48. The fourth-order valence-corrected chi connectivity index (χ4v) is 3.08. The molecule has 3 amide bonds. The molecule has 0 aromatic carbocycles. The molecule has 1 fully saturated rings. The highest BCUT2D eigenvalue weighted by Crippen LogP contribution is 2.35. The van der Waals surface area contributed by atoms with Crippen LogP contribution in [0.2, 0.25) is 0 Å². The van der Waals surface area contributed by atoms with Crippen LogP contribution in [-0.4, -0.2) is 47.5 Å². The molecule has 0 atom stereocenters. The van der Waals surface area contributed by atoms with Crippen molar-refractivity contribution in [1.29, 1.82) is 0 Å². The monoisotopic (exact) mass is 349 g/mol. The molecule has 2 rings (SSSR count). The van der Waals surface area contributed by atoms with Crippen LogP contribution in [-0.2, 0) is 14.3 Å². The standard InChI is InChI=1S/C18H27N3O4/c1-17(2,3)25-16(24)20-13-10-18(11-13,19-4)15(23)21(12-22)14-8-6-5-7-9-14/h6,8-9,12-13,19H,5,7,10-11H2,1-4H3,(H,20,24). The number of amides is 3. The van der Waals surface area contributed by atoms with Gasteiger partial charge in [-0.05, 0) is 59.6 Å². The molecule has 25 heavy (non-hydrogen) atoms. The van der Waals surface area contributed by atoms with Crippen molar-refractivity contribution in [3.8, 4) is 0 Å². The lowest BCUT2D eigenvalue weighted by Crippen LogP contribution is -2.68. The Bertz CT molecular complexity index is 598. The predicted molar refractivity (Wildman–Crippen MR) is 93.5 cm³/mol. The van der Waals surface area contributed by atoms with Crippen molar-refractivity contribution in [2.75, 3.05) is 7.05 Å². The van der Waals surface area contributed by atoms with Crippen LogP contribution in [0.1, 0.15) is 46.5 Å². The number of allylic oxidation sites excluding steroid dienone is 3. The number of nitrogens with zero attached hydrogens (tertiary/aromatic N) is 1. The van der Waals surface area contributed by atoms with Gasteiger partial charge in [-0.2, -0.15) is 0 Å². The van der Waals surface area contributed by atoms with Crippen LogP contribution in [0.5, 0.6) is 0 Å². The Kier molecular flexibility index (Phi) is 5.67. The molecule has 0 saturated heterocycles. The van der Waals surface area contributed by atoms with Gasteiger partial charge in [-0.3, -0.25) is 14.5 Å². The number of imide groups is 1. The summed E-state index contributed by atoms with van der Waals surface area (Å²) in [6.45, 7) is 5.38. The Morgan fingerprint density at radius 3 is 2.48 bits per heavy atom. The third-order valence-electron chi connectivity index (χ3n) is 4.38. The summed E-state index contributed by atoms with van der Waals surface area (Å²) in [5, 5.41) is 5.79. The van der Waals surface area contributed by atoms with E-state index in [1.165, 1.54) is 0 Å². The van der Waals surface area contributed by atoms with Gasteiger partial charge in [0, 0.05) is 11.7 Å². The molecule has 2 aliphatic rings. The number of rotatable bonds is 5. The first kappa shape index (κ1) is 19.2. The summed E-state index contributed by atoms with van der Waals surface area (Å²) in [5.41, 5.74) is -0.825. The number of hydrogen-bond donors (Lipinski definition) is 2. The molecule has 0 aliphatic heterocycles. The second kappa shape index (κ2) is 7.39. The average Bonchev–Trinajstić information content (AvgIpc) is 2.50. The molecule has 1 saturated carbocycles. The Morgan fingerprint density at radius 1 is 1.32 bits per heavy atom. The van der Waals surface area contributed by atoms with Gasteiger partial charge in [0.2, 0.25) is 6.41 Å². The molecular weight excluding hydrogens is 322 g/mol. The molecule has 2 aliphatic carbocycles. The van der Waals surface area contributed by atoms with Crippen molar-refractivity contribution < 1.29 is 19.1 Å². The second-order valence-electron chi connectivity index (χ2n) is 7.47. The second-order valence-corrected chi connectivity index (χ2v) is 7.47. The number of hydrogen-bond acceptors (Lipinski definition) is 5. The lowest BCUT2D eigenvalue weighted by molar-refractivity contribution is -0.145. The van der Waals surface area contributed by atoms with E-state index in [4.69, 9.17) is 4.74 Å². The minimum absolute atomic E-state index is 0.171. The highest BCUT2D eigenvalue weighted by Gasteiger charge is 2.52. The summed E-state index contributed by atoms with van der Waals surface area (Å²) in [6, 6.07) is -0.171. The molecule has 2 N–H and O–H groups in total. The zero-order valence-electron chi connectivity index (χ0n) is 15.3. The Balaban J connectivity index is 1.99. The van der Waals surface area contributed by atoms with Gasteiger partial charge in [-0.15, -0.1) is 0 Å². The molecule has 7 nitrogen and oxygen atoms in total. The Morgan fingerprint density at radius 2 is 2.00 bits per heavy atom. The van der Waals surface area contributed by atoms with Crippen LogP contribution in [0, 0.1) is 0 Å². The smallest absolute Gasteiger partial charge is 0.407 e. The number of carbonyl (C=O) groups excluding carboxylic acids is 3. The highest BCUT2D eigenvalue weighted by atomic mass is 16.6. The van der Waals surface area contributed by atoms with E-state index in [-0.39, 0.29) is 11.9 Å². The van der Waals surface area contributed by atoms with Gasteiger partial charge in [-0.1, -0.05) is 12.2 Å². The van der Waals surface area contributed by atoms with Crippen molar-refractivity contribution in [3.05, 3.63) is 23.9 Å². The molecule has 0 aromatic heterocycles. The lowest BCUT2D eigenvalue weighted by Gasteiger charge is -2.47. The first-order valence-corrected chi connectivity index (χ1v) is 8.55. The number of alkyl carbamates (subject to hydrolysis) is 1. The van der Waals surface area contributed by atoms with Crippen LogP contribution in [0.3, 0.4) is 0 Å². The largest absolute Gasteiger partial charge is 0.444 e. The van der Waals surface area contributed by atoms with Crippen molar-refractivity contribution >= 4 is 18.4 Å². The third-order valence-corrected chi connectivity index (χ3v) is 4.38. The van der Waals surface area contributed by atoms with Gasteiger partial charge in [0.1, 0.15) is 11.1 Å². The zero-order chi connectivity index (χ0) is 18.7. The summed E-state index contributed by atoms with van der Waals surface area (Å²) >= 11 is 0. The van der Waals surface area contributed by atoms with E-state index in [9.17, 15) is 14.4 Å². The zero-order valence-corrected chi connectivity index (χ0v) is 15.3. The first-order valence-electron chi connectivity index (χ1n) is 8.55. The van der Waals surface area contributed by atoms with E-state index < -0.39 is 17.2 Å². The molecule has 0 radical (unpaired) electrons. The maximum atomic E-state index is 12.9. The minimum Gasteiger partial charge on any atom is -0.444 e. The Labute approximate surface area is 148 Å². The summed E-state index contributed by atoms with van der Waals surface area (Å²) in [7, 11) is 1.69. The molecule has 0 unspecified atom stereocenters. The van der Waals surface area contributed by atoms with Gasteiger partial charge in [-0.25, -0.2) is 4.79 Å². The molecular formula is C18H27N3O4. The van der Waals surface area contributed by atoms with E-state index in [2.05, 4.69) is 10.6 Å². The molecule has 7 heteroatoms. The molecule has 0 aromatic rings. The Hall–Kier alpha value is -2.15. The number of carbonyl (C=O) groups is 3. The number of ether oxygens (including phenoxy) is 1. The molecule has 0 heterocycles. The van der Waals surface area contributed by atoms with E-state index in [1.54, 1.807) is 33.9 Å². The summed E-state index contributed by atoms with van der Waals surface area (Å²) < 4.78 is 5.23. The van der Waals surface area contributed by atoms with E-state index >= 15 is 0 Å². The summed E-state index contributed by atoms with van der Waals surface area (Å²) in [4.78, 5) is 37.4. The van der Waals surface area contributed by atoms with Gasteiger partial charge in [0.05, 0.1) is 0 Å². The molecule has 138 valence electrons. The van der Waals surface area contributed by atoms with Gasteiger partial charge < -0.3 is 15.4 Å². The van der Waals surface area contributed by atoms with Crippen molar-refractivity contribution in [2.45, 2.75) is 63.6 Å². The first-order chi connectivity index (χ1) is 11.7. The number of likely N-dealkylation sites (N-methyl/N-ethyl adjacent to an activating group) is 1. The van der Waals surface area contributed by atoms with Crippen LogP contribution in [0.4, 0.5) is 4.79 Å². The average molecular weight is 349 g/mol. The van der Waals surface area contributed by atoms with Crippen LogP contribution >= 0.6 is 0 Å². The van der Waals surface area contributed by atoms with Crippen molar-refractivity contribution in [1.82, 2.24) is 15.5 Å².